The van der Waals surface area contributed by atoms with Gasteiger partial charge in [0.2, 0.25) is 5.16 Å². The van der Waals surface area contributed by atoms with Crippen LogP contribution < -0.4 is 10.1 Å². The summed E-state index contributed by atoms with van der Waals surface area (Å²) >= 11 is 0. The average molecular weight is 565 g/mol. The Labute approximate surface area is 235 Å². The number of anilines is 1. The van der Waals surface area contributed by atoms with Crippen LogP contribution in [0.15, 0.2) is 66.0 Å². The molecule has 2 heterocycles. The Morgan fingerprint density at radius 2 is 1.80 bits per heavy atom. The van der Waals surface area contributed by atoms with Gasteiger partial charge in [-0.05, 0) is 49.4 Å². The van der Waals surface area contributed by atoms with Crippen LogP contribution in [0.5, 0.6) is 5.75 Å². The van der Waals surface area contributed by atoms with E-state index in [2.05, 4.69) is 15.3 Å². The number of para-hydroxylation sites is 2. The quantitative estimate of drug-likeness (QED) is 0.189. The number of pyridine rings is 1. The summed E-state index contributed by atoms with van der Waals surface area (Å²) < 4.78 is 31.0. The van der Waals surface area contributed by atoms with Gasteiger partial charge >= 0.3 is 5.97 Å². The number of benzene rings is 2. The molecule has 10 nitrogen and oxygen atoms in total. The maximum absolute atomic E-state index is 13.7. The highest BCUT2D eigenvalue weighted by atomic mass is 32.2. The van der Waals surface area contributed by atoms with E-state index in [1.807, 2.05) is 19.1 Å². The lowest BCUT2D eigenvalue weighted by atomic mass is 10.2. The molecule has 2 aromatic carbocycles. The van der Waals surface area contributed by atoms with Crippen LogP contribution in [-0.2, 0) is 30.8 Å². The van der Waals surface area contributed by atoms with Crippen molar-refractivity contribution < 1.29 is 28.0 Å². The molecule has 0 spiro atoms. The first-order valence-electron chi connectivity index (χ1n) is 12.8. The van der Waals surface area contributed by atoms with E-state index < -0.39 is 10.8 Å². The van der Waals surface area contributed by atoms with Crippen molar-refractivity contribution in [3.8, 4) is 5.75 Å². The van der Waals surface area contributed by atoms with Crippen LogP contribution in [0.4, 0.5) is 5.69 Å². The van der Waals surface area contributed by atoms with Crippen molar-refractivity contribution in [2.24, 2.45) is 0 Å². The first-order chi connectivity index (χ1) is 19.4. The number of carbonyl (C=O) groups excluding carboxylic acids is 2. The van der Waals surface area contributed by atoms with E-state index >= 15 is 0 Å². The zero-order valence-electron chi connectivity index (χ0n) is 22.7. The van der Waals surface area contributed by atoms with E-state index in [1.54, 1.807) is 55.8 Å². The fourth-order valence-electron chi connectivity index (χ4n) is 4.04. The van der Waals surface area contributed by atoms with E-state index in [0.29, 0.717) is 47.8 Å². The Hall–Kier alpha value is -4.09. The highest BCUT2D eigenvalue weighted by Gasteiger charge is 2.23. The Balaban J connectivity index is 1.56. The van der Waals surface area contributed by atoms with Gasteiger partial charge < -0.3 is 19.5 Å². The van der Waals surface area contributed by atoms with Crippen molar-refractivity contribution in [2.45, 2.75) is 31.2 Å². The molecule has 0 radical (unpaired) electrons. The van der Waals surface area contributed by atoms with Gasteiger partial charge in [-0.1, -0.05) is 12.1 Å². The lowest BCUT2D eigenvalue weighted by Gasteiger charge is -2.12. The zero-order chi connectivity index (χ0) is 28.5. The van der Waals surface area contributed by atoms with Gasteiger partial charge in [-0.3, -0.25) is 23.3 Å². The molecule has 1 unspecified atom stereocenters. The van der Waals surface area contributed by atoms with E-state index in [9.17, 15) is 13.8 Å². The lowest BCUT2D eigenvalue weighted by molar-refractivity contribution is -0.140. The number of carbonyl (C=O) groups is 2. The molecule has 1 N–H and O–H groups in total. The normalized spacial score (nSPS) is 11.8. The summed E-state index contributed by atoms with van der Waals surface area (Å²) in [5.74, 6) is 0.0594. The SMILES string of the molecule is COCCCOc1ccnc(CS(=O)c2nc3ccccc3n2C(=O)c2ccc(NCCOC(C)=O)cc2)c1C. The number of methoxy groups -OCH3 is 1. The molecule has 0 bridgehead atoms. The summed E-state index contributed by atoms with van der Waals surface area (Å²) in [4.78, 5) is 33.6. The molecule has 0 fully saturated rings. The van der Waals surface area contributed by atoms with Gasteiger partial charge in [0, 0.05) is 56.6 Å². The van der Waals surface area contributed by atoms with E-state index in [-0.39, 0.29) is 29.4 Å². The molecule has 0 aliphatic heterocycles. The van der Waals surface area contributed by atoms with Crippen LogP contribution in [-0.4, -0.2) is 64.1 Å². The summed E-state index contributed by atoms with van der Waals surface area (Å²) in [6, 6.07) is 15.9. The highest BCUT2D eigenvalue weighted by Crippen LogP contribution is 2.25. The molecule has 4 rings (SSSR count). The molecule has 0 saturated carbocycles. The smallest absolute Gasteiger partial charge is 0.302 e. The number of fused-ring (bicyclic) bond motifs is 1. The Morgan fingerprint density at radius 1 is 1.02 bits per heavy atom. The first-order valence-corrected chi connectivity index (χ1v) is 14.1. The summed E-state index contributed by atoms with van der Waals surface area (Å²) in [5, 5.41) is 3.29. The summed E-state index contributed by atoms with van der Waals surface area (Å²) in [5.41, 5.74) is 3.72. The predicted molar refractivity (Wildman–Crippen MR) is 152 cm³/mol. The minimum absolute atomic E-state index is 0.0723. The summed E-state index contributed by atoms with van der Waals surface area (Å²) in [6.07, 6.45) is 2.37. The Morgan fingerprint density at radius 3 is 2.55 bits per heavy atom. The predicted octanol–water partition coefficient (Wildman–Crippen LogP) is 4.13. The van der Waals surface area contributed by atoms with Crippen LogP contribution in [0.1, 0.15) is 35.0 Å². The molecular formula is C29H32N4O6S. The first kappa shape index (κ1) is 28.9. The molecular weight excluding hydrogens is 532 g/mol. The summed E-state index contributed by atoms with van der Waals surface area (Å²) in [6.45, 7) is 5.00. The van der Waals surface area contributed by atoms with Gasteiger partial charge in [-0.15, -0.1) is 0 Å². The van der Waals surface area contributed by atoms with Crippen LogP contribution in [0.2, 0.25) is 0 Å². The third-order valence-corrected chi connectivity index (χ3v) is 7.30. The number of imidazole rings is 1. The Kier molecular flexibility index (Phi) is 9.98. The van der Waals surface area contributed by atoms with E-state index in [1.165, 1.54) is 11.5 Å². The minimum Gasteiger partial charge on any atom is -0.493 e. The van der Waals surface area contributed by atoms with Gasteiger partial charge in [0.25, 0.3) is 5.91 Å². The van der Waals surface area contributed by atoms with Gasteiger partial charge in [-0.2, -0.15) is 0 Å². The molecule has 0 amide bonds. The number of hydrogen-bond donors (Lipinski definition) is 1. The Bertz CT molecular complexity index is 1500. The molecule has 0 aliphatic carbocycles. The molecule has 2 aromatic heterocycles. The van der Waals surface area contributed by atoms with E-state index in [0.717, 1.165) is 17.7 Å². The number of rotatable bonds is 13. The monoisotopic (exact) mass is 564 g/mol. The van der Waals surface area contributed by atoms with Crippen LogP contribution in [0.25, 0.3) is 11.0 Å². The molecule has 0 saturated heterocycles. The van der Waals surface area contributed by atoms with Crippen molar-refractivity contribution in [1.29, 1.82) is 0 Å². The third kappa shape index (κ3) is 7.10. The van der Waals surface area contributed by atoms with Gasteiger partial charge in [0.1, 0.15) is 12.4 Å². The molecule has 4 aromatic rings. The van der Waals surface area contributed by atoms with Crippen molar-refractivity contribution in [1.82, 2.24) is 14.5 Å². The van der Waals surface area contributed by atoms with Gasteiger partial charge in [0.15, 0.2) is 0 Å². The molecule has 210 valence electrons. The molecule has 11 heteroatoms. The fourth-order valence-corrected chi connectivity index (χ4v) is 5.29. The largest absolute Gasteiger partial charge is 0.493 e. The topological polar surface area (TPSA) is 122 Å². The maximum Gasteiger partial charge on any atom is 0.302 e. The van der Waals surface area contributed by atoms with E-state index in [4.69, 9.17) is 14.2 Å². The van der Waals surface area contributed by atoms with Crippen LogP contribution in [0.3, 0.4) is 0 Å². The third-order valence-electron chi connectivity index (χ3n) is 6.08. The maximum atomic E-state index is 13.7. The fraction of sp³-hybridized carbons (Fsp3) is 0.310. The zero-order valence-corrected chi connectivity index (χ0v) is 23.5. The average Bonchev–Trinajstić information content (AvgIpc) is 3.35. The molecule has 1 atom stereocenters. The number of ether oxygens (including phenoxy) is 3. The number of hydrogen-bond acceptors (Lipinski definition) is 9. The number of nitrogens with one attached hydrogen (secondary N) is 1. The van der Waals surface area contributed by atoms with Crippen molar-refractivity contribution >= 4 is 39.4 Å². The second-order valence-electron chi connectivity index (χ2n) is 8.93. The van der Waals surface area contributed by atoms with Gasteiger partial charge in [0.05, 0.1) is 39.9 Å². The highest BCUT2D eigenvalue weighted by molar-refractivity contribution is 7.84. The van der Waals surface area contributed by atoms with Gasteiger partial charge in [-0.25, -0.2) is 4.98 Å². The number of aromatic nitrogens is 3. The van der Waals surface area contributed by atoms with Crippen molar-refractivity contribution in [3.05, 3.63) is 77.6 Å². The molecule has 40 heavy (non-hydrogen) atoms. The lowest BCUT2D eigenvalue weighted by Crippen LogP contribution is -2.17. The number of esters is 1. The summed E-state index contributed by atoms with van der Waals surface area (Å²) in [7, 11) is -0.0302. The number of nitrogens with zero attached hydrogens (tertiary/aromatic N) is 3. The second-order valence-corrected chi connectivity index (χ2v) is 10.3. The van der Waals surface area contributed by atoms with Crippen LogP contribution >= 0.6 is 0 Å². The molecule has 0 aliphatic rings. The van der Waals surface area contributed by atoms with Crippen molar-refractivity contribution in [2.75, 3.05) is 38.8 Å². The minimum atomic E-state index is -1.67. The van der Waals surface area contributed by atoms with Crippen molar-refractivity contribution in [3.63, 3.8) is 0 Å². The van der Waals surface area contributed by atoms with Crippen LogP contribution in [0, 0.1) is 6.92 Å². The standard InChI is InChI=1S/C29H32N4O6S/c1-20-25(31-14-13-27(20)39-17-6-16-37-3)19-40(36)29-32-24-7-4-5-8-26(24)33(29)28(35)22-9-11-23(12-10-22)30-15-18-38-21(2)34/h4-5,7-14,30H,6,15-19H2,1-3H3. The second kappa shape index (κ2) is 13.8.